The number of aliphatic hydroxyl groups is 1. The van der Waals surface area contributed by atoms with Crippen molar-refractivity contribution < 1.29 is 9.90 Å². The highest BCUT2D eigenvalue weighted by molar-refractivity contribution is 5.76. The Kier molecular flexibility index (Phi) is 5.49. The van der Waals surface area contributed by atoms with E-state index in [1.807, 2.05) is 30.3 Å². The molecule has 0 fully saturated rings. The van der Waals surface area contributed by atoms with Crippen LogP contribution in [-0.2, 0) is 17.9 Å². The van der Waals surface area contributed by atoms with Crippen molar-refractivity contribution in [1.82, 2.24) is 9.47 Å². The zero-order valence-corrected chi connectivity index (χ0v) is 12.6. The molecule has 1 amide bonds. The maximum absolute atomic E-state index is 12.4. The van der Waals surface area contributed by atoms with Gasteiger partial charge < -0.3 is 14.6 Å². The molecule has 2 aromatic rings. The van der Waals surface area contributed by atoms with Crippen LogP contribution in [0.25, 0.3) is 0 Å². The summed E-state index contributed by atoms with van der Waals surface area (Å²) in [6.07, 6.45) is 1.60. The molecule has 1 N–H and O–H groups in total. The summed E-state index contributed by atoms with van der Waals surface area (Å²) in [5.74, 6) is -0.189. The molecule has 5 nitrogen and oxygen atoms in total. The number of carbonyl (C=O) groups excluding carboxylic acids is 1. The Labute approximate surface area is 129 Å². The molecular formula is C17H20N2O3. The van der Waals surface area contributed by atoms with Gasteiger partial charge in [0, 0.05) is 24.8 Å². The molecule has 5 heteroatoms. The number of hydrogen-bond acceptors (Lipinski definition) is 3. The second-order valence-electron chi connectivity index (χ2n) is 5.15. The van der Waals surface area contributed by atoms with Gasteiger partial charge in [-0.3, -0.25) is 9.59 Å². The van der Waals surface area contributed by atoms with Gasteiger partial charge in [-0.25, -0.2) is 0 Å². The fourth-order valence-electron chi connectivity index (χ4n) is 2.24. The summed E-state index contributed by atoms with van der Waals surface area (Å²) in [5.41, 5.74) is 1.42. The Bertz CT molecular complexity index is 680. The molecule has 0 atom stereocenters. The van der Waals surface area contributed by atoms with Crippen molar-refractivity contribution >= 4 is 5.91 Å². The molecule has 0 aliphatic heterocycles. The topological polar surface area (TPSA) is 62.5 Å². The summed E-state index contributed by atoms with van der Waals surface area (Å²) in [6, 6.07) is 13.0. The van der Waals surface area contributed by atoms with E-state index in [2.05, 4.69) is 0 Å². The number of carbonyl (C=O) groups is 1. The van der Waals surface area contributed by atoms with Gasteiger partial charge in [0.1, 0.15) is 6.54 Å². The molecule has 0 bridgehead atoms. The van der Waals surface area contributed by atoms with Crippen LogP contribution in [-0.4, -0.2) is 33.6 Å². The molecule has 1 aromatic carbocycles. The SMILES string of the molecule is Cc1cccn(CC(=O)N(CCO)Cc2ccccc2)c1=O. The van der Waals surface area contributed by atoms with Crippen LogP contribution >= 0.6 is 0 Å². The molecule has 0 aliphatic carbocycles. The van der Waals surface area contributed by atoms with Gasteiger partial charge in [0.2, 0.25) is 5.91 Å². The first-order valence-electron chi connectivity index (χ1n) is 7.20. The molecule has 0 radical (unpaired) electrons. The van der Waals surface area contributed by atoms with Crippen LogP contribution in [0.4, 0.5) is 0 Å². The van der Waals surface area contributed by atoms with Gasteiger partial charge in [0.15, 0.2) is 0 Å². The normalized spacial score (nSPS) is 10.5. The highest BCUT2D eigenvalue weighted by atomic mass is 16.3. The second kappa shape index (κ2) is 7.56. The van der Waals surface area contributed by atoms with E-state index in [-0.39, 0.29) is 31.2 Å². The van der Waals surface area contributed by atoms with Crippen molar-refractivity contribution in [2.24, 2.45) is 0 Å². The molecule has 0 spiro atoms. The van der Waals surface area contributed by atoms with Crippen molar-refractivity contribution in [2.45, 2.75) is 20.0 Å². The number of benzene rings is 1. The number of hydrogen-bond donors (Lipinski definition) is 1. The van der Waals surface area contributed by atoms with Crippen LogP contribution in [0.1, 0.15) is 11.1 Å². The van der Waals surface area contributed by atoms with E-state index in [1.54, 1.807) is 30.2 Å². The average Bonchev–Trinajstić information content (AvgIpc) is 2.52. The lowest BCUT2D eigenvalue weighted by Crippen LogP contribution is -2.38. The van der Waals surface area contributed by atoms with Crippen molar-refractivity contribution in [3.05, 3.63) is 70.1 Å². The summed E-state index contributed by atoms with van der Waals surface area (Å²) in [6.45, 7) is 2.25. The maximum Gasteiger partial charge on any atom is 0.253 e. The molecule has 0 saturated carbocycles. The molecule has 1 aromatic heterocycles. The second-order valence-corrected chi connectivity index (χ2v) is 5.15. The minimum atomic E-state index is -0.189. The lowest BCUT2D eigenvalue weighted by molar-refractivity contribution is -0.133. The highest BCUT2D eigenvalue weighted by Crippen LogP contribution is 2.05. The van der Waals surface area contributed by atoms with Crippen molar-refractivity contribution in [3.8, 4) is 0 Å². The fourth-order valence-corrected chi connectivity index (χ4v) is 2.24. The Morgan fingerprint density at radius 2 is 1.91 bits per heavy atom. The molecule has 0 aliphatic rings. The van der Waals surface area contributed by atoms with Gasteiger partial charge in [0.05, 0.1) is 6.61 Å². The predicted octanol–water partition coefficient (Wildman–Crippen LogP) is 1.18. The summed E-state index contributed by atoms with van der Waals surface area (Å²) in [4.78, 5) is 26.0. The van der Waals surface area contributed by atoms with Gasteiger partial charge >= 0.3 is 0 Å². The number of amides is 1. The summed E-state index contributed by atoms with van der Waals surface area (Å²) < 4.78 is 1.40. The van der Waals surface area contributed by atoms with E-state index in [9.17, 15) is 9.59 Å². The van der Waals surface area contributed by atoms with Crippen LogP contribution in [0, 0.1) is 6.92 Å². The number of aryl methyl sites for hydroxylation is 1. The fraction of sp³-hybridized carbons (Fsp3) is 0.294. The van der Waals surface area contributed by atoms with Gasteiger partial charge in [-0.2, -0.15) is 0 Å². The van der Waals surface area contributed by atoms with Gasteiger partial charge in [0.25, 0.3) is 5.56 Å². The van der Waals surface area contributed by atoms with Gasteiger partial charge in [-0.1, -0.05) is 36.4 Å². The Morgan fingerprint density at radius 3 is 2.59 bits per heavy atom. The first-order valence-corrected chi connectivity index (χ1v) is 7.20. The molecule has 0 saturated heterocycles. The third-order valence-electron chi connectivity index (χ3n) is 3.45. The van der Waals surface area contributed by atoms with Crippen molar-refractivity contribution in [3.63, 3.8) is 0 Å². The van der Waals surface area contributed by atoms with Crippen LogP contribution in [0.2, 0.25) is 0 Å². The van der Waals surface area contributed by atoms with Crippen LogP contribution in [0.15, 0.2) is 53.5 Å². The highest BCUT2D eigenvalue weighted by Gasteiger charge is 2.15. The standard InChI is InChI=1S/C17H20N2O3/c1-14-6-5-9-19(17(14)22)13-16(21)18(10-11-20)12-15-7-3-2-4-8-15/h2-9,20H,10-13H2,1H3. The van der Waals surface area contributed by atoms with Crippen LogP contribution < -0.4 is 5.56 Å². The van der Waals surface area contributed by atoms with E-state index >= 15 is 0 Å². The zero-order chi connectivity index (χ0) is 15.9. The number of pyridine rings is 1. The predicted molar refractivity (Wildman–Crippen MR) is 84.4 cm³/mol. The molecule has 1 heterocycles. The molecule has 2 rings (SSSR count). The Hall–Kier alpha value is -2.40. The smallest absolute Gasteiger partial charge is 0.253 e. The van der Waals surface area contributed by atoms with E-state index < -0.39 is 0 Å². The number of aromatic nitrogens is 1. The van der Waals surface area contributed by atoms with E-state index in [4.69, 9.17) is 5.11 Å². The largest absolute Gasteiger partial charge is 0.395 e. The Morgan fingerprint density at radius 1 is 1.18 bits per heavy atom. The lowest BCUT2D eigenvalue weighted by Gasteiger charge is -2.22. The number of rotatable bonds is 6. The first kappa shape index (κ1) is 16.0. The number of aliphatic hydroxyl groups excluding tert-OH is 1. The summed E-state index contributed by atoms with van der Waals surface area (Å²) in [5, 5.41) is 9.17. The number of nitrogens with zero attached hydrogens (tertiary/aromatic N) is 2. The zero-order valence-electron chi connectivity index (χ0n) is 12.6. The van der Waals surface area contributed by atoms with Crippen LogP contribution in [0.3, 0.4) is 0 Å². The lowest BCUT2D eigenvalue weighted by atomic mass is 10.2. The molecular weight excluding hydrogens is 280 g/mol. The van der Waals surface area contributed by atoms with Crippen molar-refractivity contribution in [1.29, 1.82) is 0 Å². The van der Waals surface area contributed by atoms with Crippen molar-refractivity contribution in [2.75, 3.05) is 13.2 Å². The molecule has 0 unspecified atom stereocenters. The monoisotopic (exact) mass is 300 g/mol. The molecule has 22 heavy (non-hydrogen) atoms. The maximum atomic E-state index is 12.4. The average molecular weight is 300 g/mol. The minimum absolute atomic E-state index is 0.0205. The first-order chi connectivity index (χ1) is 10.6. The minimum Gasteiger partial charge on any atom is -0.395 e. The van der Waals surface area contributed by atoms with Crippen LogP contribution in [0.5, 0.6) is 0 Å². The summed E-state index contributed by atoms with van der Waals surface area (Å²) >= 11 is 0. The molecule has 116 valence electrons. The summed E-state index contributed by atoms with van der Waals surface area (Å²) in [7, 11) is 0. The Balaban J connectivity index is 2.12. The van der Waals surface area contributed by atoms with Gasteiger partial charge in [-0.15, -0.1) is 0 Å². The van der Waals surface area contributed by atoms with E-state index in [0.717, 1.165) is 5.56 Å². The third-order valence-corrected chi connectivity index (χ3v) is 3.45. The third kappa shape index (κ3) is 4.05. The van der Waals surface area contributed by atoms with E-state index in [0.29, 0.717) is 12.1 Å². The van der Waals surface area contributed by atoms with Gasteiger partial charge in [-0.05, 0) is 18.6 Å². The van der Waals surface area contributed by atoms with E-state index in [1.165, 1.54) is 4.57 Å². The quantitative estimate of drug-likeness (QED) is 0.871.